The molecule has 0 aromatic rings. The summed E-state index contributed by atoms with van der Waals surface area (Å²) >= 11 is 0. The zero-order valence-electron chi connectivity index (χ0n) is 13.0. The van der Waals surface area contributed by atoms with Crippen molar-refractivity contribution in [3.63, 3.8) is 0 Å². The number of hydrogen-bond acceptors (Lipinski definition) is 3. The van der Waals surface area contributed by atoms with Crippen molar-refractivity contribution in [3.8, 4) is 0 Å². The summed E-state index contributed by atoms with van der Waals surface area (Å²) in [7, 11) is 0. The molecule has 3 fully saturated rings. The van der Waals surface area contributed by atoms with Gasteiger partial charge in [-0.3, -0.25) is 9.80 Å². The molecule has 0 aromatic heterocycles. The Morgan fingerprint density at radius 1 is 1.21 bits per heavy atom. The van der Waals surface area contributed by atoms with Gasteiger partial charge in [0.05, 0.1) is 0 Å². The molecule has 0 radical (unpaired) electrons. The first-order valence-corrected chi connectivity index (χ1v) is 8.17. The minimum Gasteiger partial charge on any atom is -0.329 e. The Morgan fingerprint density at radius 2 is 1.95 bits per heavy atom. The highest BCUT2D eigenvalue weighted by atomic mass is 15.3. The molecule has 3 nitrogen and oxygen atoms in total. The van der Waals surface area contributed by atoms with E-state index in [4.69, 9.17) is 5.73 Å². The van der Waals surface area contributed by atoms with Gasteiger partial charge in [-0.25, -0.2) is 0 Å². The molecule has 3 aliphatic rings. The van der Waals surface area contributed by atoms with Gasteiger partial charge in [-0.2, -0.15) is 0 Å². The fraction of sp³-hybridized carbons (Fsp3) is 1.00. The summed E-state index contributed by atoms with van der Waals surface area (Å²) < 4.78 is 0. The van der Waals surface area contributed by atoms with Gasteiger partial charge in [0.1, 0.15) is 0 Å². The summed E-state index contributed by atoms with van der Waals surface area (Å²) in [6.07, 6.45) is 6.81. The number of rotatable bonds is 3. The van der Waals surface area contributed by atoms with Gasteiger partial charge in [0.15, 0.2) is 0 Å². The maximum Gasteiger partial charge on any atom is 0.0473 e. The van der Waals surface area contributed by atoms with Crippen LogP contribution in [0.4, 0.5) is 0 Å². The Balaban J connectivity index is 1.76. The van der Waals surface area contributed by atoms with E-state index in [0.29, 0.717) is 5.41 Å². The van der Waals surface area contributed by atoms with Gasteiger partial charge in [-0.05, 0) is 51.0 Å². The van der Waals surface area contributed by atoms with Gasteiger partial charge < -0.3 is 5.73 Å². The van der Waals surface area contributed by atoms with Gasteiger partial charge in [-0.1, -0.05) is 13.8 Å². The van der Waals surface area contributed by atoms with Crippen LogP contribution in [0.2, 0.25) is 0 Å². The van der Waals surface area contributed by atoms with Crippen molar-refractivity contribution < 1.29 is 0 Å². The summed E-state index contributed by atoms with van der Waals surface area (Å²) in [4.78, 5) is 5.49. The monoisotopic (exact) mass is 265 g/mol. The summed E-state index contributed by atoms with van der Waals surface area (Å²) in [5.41, 5.74) is 7.00. The molecule has 2 aliphatic heterocycles. The van der Waals surface area contributed by atoms with Crippen molar-refractivity contribution in [2.24, 2.45) is 11.1 Å². The maximum atomic E-state index is 6.26. The third-order valence-corrected chi connectivity index (χ3v) is 5.69. The van der Waals surface area contributed by atoms with E-state index >= 15 is 0 Å². The normalized spacial score (nSPS) is 40.7. The zero-order chi connectivity index (χ0) is 13.7. The Kier molecular flexibility index (Phi) is 3.43. The fourth-order valence-corrected chi connectivity index (χ4v) is 4.46. The quantitative estimate of drug-likeness (QED) is 0.848. The van der Waals surface area contributed by atoms with E-state index in [1.54, 1.807) is 0 Å². The highest BCUT2D eigenvalue weighted by Crippen LogP contribution is 2.42. The van der Waals surface area contributed by atoms with Crippen LogP contribution in [0, 0.1) is 5.41 Å². The van der Waals surface area contributed by atoms with Crippen LogP contribution in [0.3, 0.4) is 0 Å². The van der Waals surface area contributed by atoms with Gasteiger partial charge in [0.25, 0.3) is 0 Å². The second-order valence-corrected chi connectivity index (χ2v) is 8.07. The van der Waals surface area contributed by atoms with Gasteiger partial charge in [0, 0.05) is 37.3 Å². The molecule has 0 spiro atoms. The van der Waals surface area contributed by atoms with Gasteiger partial charge >= 0.3 is 0 Å². The summed E-state index contributed by atoms with van der Waals surface area (Å²) in [5.74, 6) is 0. The topological polar surface area (TPSA) is 32.5 Å². The molecule has 0 aromatic carbocycles. The minimum atomic E-state index is 0.264. The lowest BCUT2D eigenvalue weighted by Gasteiger charge is -2.48. The smallest absolute Gasteiger partial charge is 0.0473 e. The van der Waals surface area contributed by atoms with E-state index in [0.717, 1.165) is 18.6 Å². The average Bonchev–Trinajstić information content (AvgIpc) is 3.12. The molecule has 2 saturated heterocycles. The lowest BCUT2D eigenvalue weighted by Crippen LogP contribution is -2.59. The van der Waals surface area contributed by atoms with Crippen LogP contribution in [0.5, 0.6) is 0 Å². The molecule has 0 bridgehead atoms. The molecule has 19 heavy (non-hydrogen) atoms. The zero-order valence-corrected chi connectivity index (χ0v) is 13.0. The number of nitrogens with two attached hydrogens (primary N) is 1. The number of hydrogen-bond donors (Lipinski definition) is 1. The molecule has 1 saturated carbocycles. The van der Waals surface area contributed by atoms with Crippen LogP contribution in [-0.4, -0.2) is 53.6 Å². The lowest BCUT2D eigenvalue weighted by molar-refractivity contribution is 0.0225. The number of likely N-dealkylation sites (tertiary alicyclic amines) is 2. The van der Waals surface area contributed by atoms with Gasteiger partial charge in [-0.15, -0.1) is 0 Å². The first kappa shape index (κ1) is 13.8. The third-order valence-electron chi connectivity index (χ3n) is 5.69. The highest BCUT2D eigenvalue weighted by Gasteiger charge is 2.50. The molecule has 0 amide bonds. The molecule has 2 atom stereocenters. The predicted molar refractivity (Wildman–Crippen MR) is 80.2 cm³/mol. The van der Waals surface area contributed by atoms with Crippen molar-refractivity contribution in [2.75, 3.05) is 26.2 Å². The van der Waals surface area contributed by atoms with Crippen LogP contribution in [0.25, 0.3) is 0 Å². The highest BCUT2D eigenvalue weighted by molar-refractivity contribution is 5.08. The molecule has 3 rings (SSSR count). The molecule has 2 unspecified atom stereocenters. The average molecular weight is 265 g/mol. The first-order valence-electron chi connectivity index (χ1n) is 8.17. The molecular weight excluding hydrogens is 234 g/mol. The van der Waals surface area contributed by atoms with E-state index < -0.39 is 0 Å². The summed E-state index contributed by atoms with van der Waals surface area (Å²) in [6.45, 7) is 11.8. The first-order chi connectivity index (χ1) is 8.96. The maximum absolute atomic E-state index is 6.26. The van der Waals surface area contributed by atoms with E-state index in [9.17, 15) is 0 Å². The van der Waals surface area contributed by atoms with Crippen LogP contribution in [-0.2, 0) is 0 Å². The molecule has 1 aliphatic carbocycles. The molecule has 2 heterocycles. The SMILES string of the molecule is CC1CC(CN)(N2CCCC(C)(C)C2)CN1C1CC1. The summed E-state index contributed by atoms with van der Waals surface area (Å²) in [6, 6.07) is 1.60. The molecule has 2 N–H and O–H groups in total. The van der Waals surface area contributed by atoms with Crippen molar-refractivity contribution in [1.82, 2.24) is 9.80 Å². The molecular formula is C16H31N3. The van der Waals surface area contributed by atoms with Crippen molar-refractivity contribution in [3.05, 3.63) is 0 Å². The van der Waals surface area contributed by atoms with Crippen LogP contribution in [0.1, 0.15) is 52.9 Å². The Morgan fingerprint density at radius 3 is 2.53 bits per heavy atom. The van der Waals surface area contributed by atoms with E-state index in [2.05, 4.69) is 30.6 Å². The predicted octanol–water partition coefficient (Wildman–Crippen LogP) is 2.06. The Labute approximate surface area is 118 Å². The Bertz CT molecular complexity index is 337. The van der Waals surface area contributed by atoms with E-state index in [-0.39, 0.29) is 5.54 Å². The third kappa shape index (κ3) is 2.57. The van der Waals surface area contributed by atoms with E-state index in [1.807, 2.05) is 0 Å². The second kappa shape index (κ2) is 4.71. The van der Waals surface area contributed by atoms with E-state index in [1.165, 1.54) is 51.7 Å². The fourth-order valence-electron chi connectivity index (χ4n) is 4.46. The lowest BCUT2D eigenvalue weighted by atomic mass is 9.80. The van der Waals surface area contributed by atoms with Crippen LogP contribution >= 0.6 is 0 Å². The number of nitrogens with zero attached hydrogens (tertiary/aromatic N) is 2. The standard InChI is InChI=1S/C16H31N3/c1-13-9-16(10-17,12-19(13)14-5-6-14)18-8-4-7-15(2,3)11-18/h13-14H,4-12,17H2,1-3H3. The van der Waals surface area contributed by atoms with Crippen molar-refractivity contribution in [1.29, 1.82) is 0 Å². The van der Waals surface area contributed by atoms with Crippen molar-refractivity contribution >= 4 is 0 Å². The Hall–Kier alpha value is -0.120. The largest absolute Gasteiger partial charge is 0.329 e. The van der Waals surface area contributed by atoms with Crippen molar-refractivity contribution in [2.45, 2.75) is 70.5 Å². The van der Waals surface area contributed by atoms with Gasteiger partial charge in [0.2, 0.25) is 0 Å². The minimum absolute atomic E-state index is 0.264. The number of piperidine rings is 1. The van der Waals surface area contributed by atoms with Crippen LogP contribution in [0.15, 0.2) is 0 Å². The van der Waals surface area contributed by atoms with Crippen LogP contribution < -0.4 is 5.73 Å². The molecule has 110 valence electrons. The second-order valence-electron chi connectivity index (χ2n) is 8.07. The summed E-state index contributed by atoms with van der Waals surface area (Å²) in [5, 5.41) is 0. The molecule has 3 heteroatoms.